The van der Waals surface area contributed by atoms with E-state index in [1.165, 1.54) is 6.07 Å². The molecule has 2 aromatic rings. The van der Waals surface area contributed by atoms with Gasteiger partial charge in [0.15, 0.2) is 0 Å². The van der Waals surface area contributed by atoms with E-state index in [1.807, 2.05) is 0 Å². The summed E-state index contributed by atoms with van der Waals surface area (Å²) < 4.78 is 5.38. The van der Waals surface area contributed by atoms with E-state index < -0.39 is 23.7 Å². The lowest BCUT2D eigenvalue weighted by molar-refractivity contribution is 0.0714. The summed E-state index contributed by atoms with van der Waals surface area (Å²) in [6, 6.07) is 0.0426. The summed E-state index contributed by atoms with van der Waals surface area (Å²) in [7, 11) is 0. The van der Waals surface area contributed by atoms with Gasteiger partial charge in [-0.25, -0.2) is 53.7 Å². The SMILES string of the molecule is Cc1cc(=O)[nH]c(NC(=O)NCC2(C)CC(N=C=O)CC(C)(C)C2)n1.Cc1nc(NC(=O)NCC2(C)CC(N=C=O)CC(C)(C)C2)[nH]c(=O)c1CCOC(=O)NC1CC(C)(C)CC(C)(CN=C=O)C1. The Bertz CT molecular complexity index is 2450. The summed E-state index contributed by atoms with van der Waals surface area (Å²) in [4.78, 5) is 119. The predicted octanol–water partition coefficient (Wildman–Crippen LogP) is 6.43. The fourth-order valence-electron chi connectivity index (χ4n) is 11.8. The van der Waals surface area contributed by atoms with Gasteiger partial charge in [-0.3, -0.25) is 30.2 Å². The summed E-state index contributed by atoms with van der Waals surface area (Å²) in [5.74, 6) is 0.118. The molecule has 378 valence electrons. The lowest BCUT2D eigenvalue weighted by Crippen LogP contribution is -2.48. The minimum Gasteiger partial charge on any atom is -0.449 e. The zero-order valence-electron chi connectivity index (χ0n) is 42.1. The molecule has 0 radical (unpaired) electrons. The Kier molecular flexibility index (Phi) is 18.3. The quantitative estimate of drug-likeness (QED) is 0.0799. The number of amides is 5. The third kappa shape index (κ3) is 18.0. The number of urea groups is 2. The van der Waals surface area contributed by atoms with Gasteiger partial charge in [-0.1, -0.05) is 62.3 Å². The summed E-state index contributed by atoms with van der Waals surface area (Å²) >= 11 is 0. The molecule has 5 rings (SSSR count). The van der Waals surface area contributed by atoms with E-state index in [0.717, 1.165) is 38.5 Å². The molecule has 3 saturated carbocycles. The van der Waals surface area contributed by atoms with Crippen molar-refractivity contribution in [2.24, 2.45) is 47.5 Å². The van der Waals surface area contributed by atoms with Crippen LogP contribution < -0.4 is 37.7 Å². The molecule has 21 nitrogen and oxygen atoms in total. The molecule has 69 heavy (non-hydrogen) atoms. The van der Waals surface area contributed by atoms with Gasteiger partial charge in [-0.2, -0.15) is 0 Å². The van der Waals surface area contributed by atoms with Crippen molar-refractivity contribution in [1.29, 1.82) is 0 Å². The molecule has 2 aromatic heterocycles. The highest BCUT2D eigenvalue weighted by molar-refractivity contribution is 5.87. The molecule has 3 aliphatic rings. The highest BCUT2D eigenvalue weighted by atomic mass is 16.5. The van der Waals surface area contributed by atoms with Crippen LogP contribution in [0.5, 0.6) is 0 Å². The molecule has 3 aliphatic carbocycles. The summed E-state index contributed by atoms with van der Waals surface area (Å²) in [5.41, 5.74) is -0.231. The number of anilines is 2. The fraction of sp³-hybridized carbons (Fsp3) is 0.708. The number of H-pyrrole nitrogens is 2. The van der Waals surface area contributed by atoms with Gasteiger partial charge in [0.1, 0.15) is 0 Å². The minimum absolute atomic E-state index is 0.00634. The van der Waals surface area contributed by atoms with Crippen LogP contribution in [-0.4, -0.2) is 101 Å². The number of aryl methyl sites for hydroxylation is 2. The predicted molar refractivity (Wildman–Crippen MR) is 259 cm³/mol. The Morgan fingerprint density at radius 1 is 0.696 bits per heavy atom. The monoisotopic (exact) mass is 961 g/mol. The van der Waals surface area contributed by atoms with Gasteiger partial charge in [0.2, 0.25) is 30.1 Å². The number of ether oxygens (including phenoxy) is 1. The summed E-state index contributed by atoms with van der Waals surface area (Å²) in [6.45, 7) is 23.4. The zero-order valence-corrected chi connectivity index (χ0v) is 42.1. The number of carbonyl (C=O) groups is 3. The highest BCUT2D eigenvalue weighted by Crippen LogP contribution is 2.48. The van der Waals surface area contributed by atoms with E-state index in [0.29, 0.717) is 55.8 Å². The van der Waals surface area contributed by atoms with Crippen LogP contribution in [0.15, 0.2) is 30.6 Å². The number of nitrogens with zero attached hydrogens (tertiary/aromatic N) is 5. The third-order valence-electron chi connectivity index (χ3n) is 13.1. The first-order valence-electron chi connectivity index (χ1n) is 23.5. The molecule has 3 fully saturated rings. The lowest BCUT2D eigenvalue weighted by atomic mass is 9.62. The highest BCUT2D eigenvalue weighted by Gasteiger charge is 2.44. The van der Waals surface area contributed by atoms with Crippen LogP contribution in [0.25, 0.3) is 0 Å². The second-order valence-electron chi connectivity index (χ2n) is 22.9. The maximum absolute atomic E-state index is 12.8. The largest absolute Gasteiger partial charge is 0.449 e. The molecule has 0 spiro atoms. The van der Waals surface area contributed by atoms with Gasteiger partial charge in [0, 0.05) is 42.9 Å². The normalized spacial score (nSPS) is 26.3. The molecule has 7 N–H and O–H groups in total. The van der Waals surface area contributed by atoms with Crippen LogP contribution in [0.3, 0.4) is 0 Å². The van der Waals surface area contributed by atoms with Gasteiger partial charge in [-0.15, -0.1) is 0 Å². The summed E-state index contributed by atoms with van der Waals surface area (Å²) in [5, 5.41) is 13.7. The standard InChI is InChI=1S/C31H47N7O6.C17H25N5O3/c1-20-23(8-9-44-27(43)36-22-11-29(4,5)14-30(6,13-22)16-32-18-39)24(41)37-25(35-20)38-26(42)33-17-31(7)12-21(34-19-40)10-28(2,3)15-31;1-11-5-13(24)21-14(20-11)22-15(25)18-9-17(4)7-12(19-10-23)6-16(2,3)8-17/h21-22H,8-17H2,1-7H3,(H,36,43)(H3,33,35,37,38,41,42);5,12H,6-9H2,1-4H3,(H3,18,20,21,22,24,25). The van der Waals surface area contributed by atoms with Crippen molar-refractivity contribution in [2.45, 2.75) is 158 Å². The van der Waals surface area contributed by atoms with Crippen molar-refractivity contribution in [2.75, 3.05) is 36.9 Å². The average molecular weight is 961 g/mol. The van der Waals surface area contributed by atoms with Crippen LogP contribution in [-0.2, 0) is 25.5 Å². The molecule has 6 unspecified atom stereocenters. The Labute approximate surface area is 403 Å². The van der Waals surface area contributed by atoms with Crippen molar-refractivity contribution in [3.8, 4) is 0 Å². The molecular formula is C48H72N12O9. The van der Waals surface area contributed by atoms with Gasteiger partial charge in [0.25, 0.3) is 11.1 Å². The number of carbonyl (C=O) groups excluding carboxylic acids is 6. The molecule has 0 bridgehead atoms. The Morgan fingerprint density at radius 3 is 1.70 bits per heavy atom. The van der Waals surface area contributed by atoms with Crippen molar-refractivity contribution in [3.63, 3.8) is 0 Å². The van der Waals surface area contributed by atoms with E-state index in [2.05, 4.69) is 124 Å². The van der Waals surface area contributed by atoms with Crippen LogP contribution in [0.2, 0.25) is 0 Å². The number of aromatic nitrogens is 4. The number of aromatic amines is 2. The molecule has 0 aromatic carbocycles. The minimum atomic E-state index is -0.578. The van der Waals surface area contributed by atoms with Crippen LogP contribution in [0, 0.1) is 46.3 Å². The van der Waals surface area contributed by atoms with E-state index in [9.17, 15) is 38.4 Å². The Hall–Kier alpha value is -6.29. The Balaban J connectivity index is 0.000000350. The van der Waals surface area contributed by atoms with E-state index in [1.54, 1.807) is 32.1 Å². The number of alkyl carbamates (subject to hydrolysis) is 1. The van der Waals surface area contributed by atoms with E-state index in [4.69, 9.17) is 4.74 Å². The lowest BCUT2D eigenvalue weighted by Gasteiger charge is -2.45. The number of nitrogens with one attached hydrogen (secondary N) is 7. The van der Waals surface area contributed by atoms with Gasteiger partial charge >= 0.3 is 18.2 Å². The first kappa shape index (κ1) is 55.3. The van der Waals surface area contributed by atoms with Crippen molar-refractivity contribution in [1.82, 2.24) is 35.9 Å². The van der Waals surface area contributed by atoms with Crippen LogP contribution in [0.1, 0.15) is 137 Å². The van der Waals surface area contributed by atoms with Gasteiger partial charge < -0.3 is 20.7 Å². The topological polar surface area (TPSA) is 300 Å². The first-order chi connectivity index (χ1) is 32.1. The van der Waals surface area contributed by atoms with Crippen LogP contribution in [0.4, 0.5) is 26.3 Å². The summed E-state index contributed by atoms with van der Waals surface area (Å²) in [6.07, 6.45) is 11.5. The maximum atomic E-state index is 12.8. The second-order valence-corrected chi connectivity index (χ2v) is 22.9. The first-order valence-corrected chi connectivity index (χ1v) is 23.5. The second kappa shape index (κ2) is 22.9. The Morgan fingerprint density at radius 2 is 1.20 bits per heavy atom. The average Bonchev–Trinajstić information content (AvgIpc) is 3.17. The maximum Gasteiger partial charge on any atom is 0.407 e. The van der Waals surface area contributed by atoms with E-state index >= 15 is 0 Å². The molecule has 0 saturated heterocycles. The zero-order chi connectivity index (χ0) is 51.4. The number of hydrogen-bond donors (Lipinski definition) is 7. The third-order valence-corrected chi connectivity index (χ3v) is 13.1. The van der Waals surface area contributed by atoms with Gasteiger partial charge in [-0.05, 0) is 104 Å². The molecule has 21 heteroatoms. The molecule has 6 atom stereocenters. The van der Waals surface area contributed by atoms with Gasteiger partial charge in [0.05, 0.1) is 30.9 Å². The number of aliphatic imine (C=N–C) groups is 3. The molecule has 0 aliphatic heterocycles. The van der Waals surface area contributed by atoms with Crippen LogP contribution >= 0.6 is 0 Å². The van der Waals surface area contributed by atoms with Crippen molar-refractivity contribution >= 4 is 48.3 Å². The number of rotatable bonds is 14. The molecule has 5 amide bonds. The number of isocyanates is 3. The van der Waals surface area contributed by atoms with Crippen molar-refractivity contribution < 1.29 is 33.5 Å². The molecular weight excluding hydrogens is 889 g/mol. The molecule has 2 heterocycles. The van der Waals surface area contributed by atoms with E-state index in [-0.39, 0.29) is 81.1 Å². The number of hydrogen-bond acceptors (Lipinski definition) is 14. The fourth-order valence-corrected chi connectivity index (χ4v) is 11.8. The van der Waals surface area contributed by atoms with Crippen molar-refractivity contribution in [3.05, 3.63) is 43.7 Å². The smallest absolute Gasteiger partial charge is 0.407 e.